The molecule has 0 radical (unpaired) electrons. The van der Waals surface area contributed by atoms with Gasteiger partial charge in [0.2, 0.25) is 11.8 Å². The first-order valence-corrected chi connectivity index (χ1v) is 12.5. The van der Waals surface area contributed by atoms with Gasteiger partial charge < -0.3 is 10.2 Å². The first-order valence-electron chi connectivity index (χ1n) is 10.7. The van der Waals surface area contributed by atoms with Gasteiger partial charge in [-0.1, -0.05) is 76.6 Å². The Balaban J connectivity index is 1.39. The molecule has 0 aromatic heterocycles. The maximum atomic E-state index is 13.4. The number of amides is 2. The van der Waals surface area contributed by atoms with Crippen LogP contribution in [0.2, 0.25) is 0 Å². The summed E-state index contributed by atoms with van der Waals surface area (Å²) in [6.07, 6.45) is 1.94. The van der Waals surface area contributed by atoms with Crippen LogP contribution in [0.15, 0.2) is 83.3 Å². The molecule has 2 aliphatic rings. The Hall–Kier alpha value is -2.57. The highest BCUT2D eigenvalue weighted by atomic mass is 79.9. The molecule has 2 heterocycles. The van der Waals surface area contributed by atoms with Crippen molar-refractivity contribution in [2.24, 2.45) is 0 Å². The largest absolute Gasteiger partial charge is 0.324 e. The maximum Gasteiger partial charge on any atom is 0.248 e. The number of nitrogens with one attached hydrogen (secondary N) is 1. The van der Waals surface area contributed by atoms with Gasteiger partial charge in [0.25, 0.3) is 0 Å². The van der Waals surface area contributed by atoms with Crippen LogP contribution in [-0.4, -0.2) is 28.5 Å². The predicted octanol–water partition coefficient (Wildman–Crippen LogP) is 5.57. The molecule has 2 fully saturated rings. The zero-order valence-electron chi connectivity index (χ0n) is 17.5. The van der Waals surface area contributed by atoms with E-state index in [1.807, 2.05) is 59.5 Å². The third-order valence-electron chi connectivity index (χ3n) is 6.24. The first-order chi connectivity index (χ1) is 15.6. The van der Waals surface area contributed by atoms with Gasteiger partial charge in [-0.15, -0.1) is 11.8 Å². The summed E-state index contributed by atoms with van der Waals surface area (Å²) >= 11 is 5.19. The Morgan fingerprint density at radius 3 is 2.53 bits per heavy atom. The Morgan fingerprint density at radius 2 is 1.75 bits per heavy atom. The topological polar surface area (TPSA) is 49.4 Å². The number of anilines is 1. The number of thioether (sulfide) groups is 1. The van der Waals surface area contributed by atoms with Gasteiger partial charge >= 0.3 is 0 Å². The van der Waals surface area contributed by atoms with Crippen LogP contribution in [-0.2, 0) is 20.9 Å². The van der Waals surface area contributed by atoms with Crippen LogP contribution in [0.25, 0.3) is 0 Å². The van der Waals surface area contributed by atoms with Crippen LogP contribution in [0.3, 0.4) is 0 Å². The monoisotopic (exact) mass is 506 g/mol. The number of benzene rings is 3. The number of para-hydroxylation sites is 1. The van der Waals surface area contributed by atoms with E-state index in [9.17, 15) is 9.59 Å². The van der Waals surface area contributed by atoms with Crippen molar-refractivity contribution in [2.75, 3.05) is 11.1 Å². The van der Waals surface area contributed by atoms with E-state index in [0.29, 0.717) is 12.2 Å². The minimum absolute atomic E-state index is 0.0515. The average molecular weight is 507 g/mol. The minimum atomic E-state index is -0.483. The zero-order valence-corrected chi connectivity index (χ0v) is 19.9. The summed E-state index contributed by atoms with van der Waals surface area (Å²) in [6.45, 7) is 0. The zero-order chi connectivity index (χ0) is 22.1. The Bertz CT molecular complexity index is 1150. The minimum Gasteiger partial charge on any atom is -0.324 e. The van der Waals surface area contributed by atoms with E-state index in [4.69, 9.17) is 0 Å². The summed E-state index contributed by atoms with van der Waals surface area (Å²) in [5.41, 5.74) is 4.13. The van der Waals surface area contributed by atoms with Gasteiger partial charge in [0.15, 0.2) is 0 Å². The molecule has 32 heavy (non-hydrogen) atoms. The van der Waals surface area contributed by atoms with Crippen molar-refractivity contribution in [3.8, 4) is 0 Å². The van der Waals surface area contributed by atoms with Crippen LogP contribution in [0.1, 0.15) is 29.5 Å². The molecule has 0 aliphatic carbocycles. The van der Waals surface area contributed by atoms with Crippen LogP contribution < -0.4 is 5.32 Å². The van der Waals surface area contributed by atoms with Gasteiger partial charge in [-0.2, -0.15) is 0 Å². The Kier molecular flexibility index (Phi) is 5.82. The second-order valence-corrected chi connectivity index (χ2v) is 10.4. The lowest BCUT2D eigenvalue weighted by Gasteiger charge is -2.34. The summed E-state index contributed by atoms with van der Waals surface area (Å²) in [4.78, 5) is 27.7. The molecule has 162 valence electrons. The fourth-order valence-corrected chi connectivity index (χ4v) is 6.59. The molecule has 6 heteroatoms. The van der Waals surface area contributed by atoms with E-state index < -0.39 is 10.9 Å². The van der Waals surface area contributed by atoms with Gasteiger partial charge in [0.05, 0.1) is 0 Å². The molecule has 2 atom stereocenters. The molecular weight excluding hydrogens is 484 g/mol. The number of rotatable bonds is 5. The lowest BCUT2D eigenvalue weighted by Crippen LogP contribution is -2.48. The van der Waals surface area contributed by atoms with Crippen molar-refractivity contribution in [3.05, 3.63) is 100 Å². The van der Waals surface area contributed by atoms with E-state index in [0.717, 1.165) is 34.1 Å². The van der Waals surface area contributed by atoms with E-state index >= 15 is 0 Å². The quantitative estimate of drug-likeness (QED) is 0.492. The molecule has 2 saturated heterocycles. The van der Waals surface area contributed by atoms with E-state index in [2.05, 4.69) is 45.5 Å². The lowest BCUT2D eigenvalue weighted by atomic mass is 10.0. The number of fused-ring (bicyclic) bond motifs is 1. The molecule has 5 rings (SSSR count). The van der Waals surface area contributed by atoms with Crippen molar-refractivity contribution >= 4 is 45.2 Å². The predicted molar refractivity (Wildman–Crippen MR) is 132 cm³/mol. The molecular formula is C26H23BrN2O2S. The van der Waals surface area contributed by atoms with Crippen LogP contribution >= 0.6 is 27.7 Å². The molecule has 0 bridgehead atoms. The highest BCUT2D eigenvalue weighted by molar-refractivity contribution is 9.10. The number of halogens is 1. The van der Waals surface area contributed by atoms with Gasteiger partial charge in [0.1, 0.15) is 10.9 Å². The molecule has 0 spiro atoms. The second kappa shape index (κ2) is 8.75. The van der Waals surface area contributed by atoms with Crippen LogP contribution in [0.4, 0.5) is 5.69 Å². The van der Waals surface area contributed by atoms with Gasteiger partial charge in [-0.05, 0) is 47.7 Å². The van der Waals surface area contributed by atoms with Crippen molar-refractivity contribution < 1.29 is 9.59 Å². The Morgan fingerprint density at radius 1 is 1.03 bits per heavy atom. The molecule has 3 aromatic carbocycles. The van der Waals surface area contributed by atoms with Crippen molar-refractivity contribution in [1.29, 1.82) is 0 Å². The molecule has 4 nitrogen and oxygen atoms in total. The number of carbonyl (C=O) groups is 2. The number of hydrogen-bond acceptors (Lipinski definition) is 3. The highest BCUT2D eigenvalue weighted by Crippen LogP contribution is 2.54. The third-order valence-corrected chi connectivity index (χ3v) is 8.36. The third kappa shape index (κ3) is 3.86. The Labute approximate surface area is 200 Å². The molecule has 2 amide bonds. The number of carbonyl (C=O) groups excluding carboxylic acids is 2. The maximum absolute atomic E-state index is 13.4. The summed E-state index contributed by atoms with van der Waals surface area (Å²) in [5, 5.41) is 3.13. The van der Waals surface area contributed by atoms with Gasteiger partial charge in [-0.3, -0.25) is 9.59 Å². The number of nitrogens with zero attached hydrogens (tertiary/aromatic N) is 1. The molecule has 2 aliphatic heterocycles. The molecule has 1 N–H and O–H groups in total. The van der Waals surface area contributed by atoms with Crippen LogP contribution in [0.5, 0.6) is 0 Å². The summed E-state index contributed by atoms with van der Waals surface area (Å²) < 4.78 is 1.00. The second-order valence-electron chi connectivity index (χ2n) is 8.19. The normalized spacial score (nSPS) is 22.1. The van der Waals surface area contributed by atoms with Crippen molar-refractivity contribution in [3.63, 3.8) is 0 Å². The average Bonchev–Trinajstić information content (AvgIpc) is 3.35. The fraction of sp³-hybridized carbons (Fsp3) is 0.231. The molecule has 0 unspecified atom stereocenters. The smallest absolute Gasteiger partial charge is 0.248 e. The van der Waals surface area contributed by atoms with Crippen molar-refractivity contribution in [1.82, 2.24) is 4.90 Å². The van der Waals surface area contributed by atoms with E-state index in [1.54, 1.807) is 11.8 Å². The fourth-order valence-electron chi connectivity index (χ4n) is 4.68. The van der Waals surface area contributed by atoms with Gasteiger partial charge in [-0.25, -0.2) is 0 Å². The lowest BCUT2D eigenvalue weighted by molar-refractivity contribution is -0.136. The first kappa shape index (κ1) is 21.3. The molecule has 3 aromatic rings. The van der Waals surface area contributed by atoms with Crippen molar-refractivity contribution in [2.45, 2.75) is 30.2 Å². The van der Waals surface area contributed by atoms with Gasteiger partial charge in [0, 0.05) is 22.3 Å². The summed E-state index contributed by atoms with van der Waals surface area (Å²) in [7, 11) is 0. The van der Waals surface area contributed by atoms with E-state index in [1.165, 1.54) is 5.56 Å². The summed E-state index contributed by atoms with van der Waals surface area (Å²) in [6, 6.07) is 25.7. The SMILES string of the molecule is O=C(Nc1ccccc1Cc1ccccc1)[C@H]1CS[C@@]2(c3ccc(Br)cc3)CCC(=O)N12. The van der Waals surface area contributed by atoms with Crippen LogP contribution in [0, 0.1) is 0 Å². The summed E-state index contributed by atoms with van der Waals surface area (Å²) in [5.74, 6) is 0.525. The van der Waals surface area contributed by atoms with E-state index in [-0.39, 0.29) is 11.8 Å². The molecule has 0 saturated carbocycles. The standard InChI is InChI=1S/C26H23BrN2O2S/c27-21-12-10-20(11-13-21)26-15-14-24(30)29(26)23(17-32-26)25(31)28-22-9-5-4-8-19(22)16-18-6-2-1-3-7-18/h1-13,23H,14-17H2,(H,28,31)/t23-,26-/m1/s1. The highest BCUT2D eigenvalue weighted by Gasteiger charge is 2.56. The number of hydrogen-bond donors (Lipinski definition) is 1.